The van der Waals surface area contributed by atoms with Crippen LogP contribution in [-0.2, 0) is 20.4 Å². The van der Waals surface area contributed by atoms with Gasteiger partial charge in [0.15, 0.2) is 33.2 Å². The van der Waals surface area contributed by atoms with E-state index in [4.69, 9.17) is 14.2 Å². The molecule has 3 rings (SSSR count). The van der Waals surface area contributed by atoms with Gasteiger partial charge in [-0.2, -0.15) is 0 Å². The third-order valence-electron chi connectivity index (χ3n) is 5.13. The fourth-order valence-corrected chi connectivity index (χ4v) is 4.84. The van der Waals surface area contributed by atoms with Gasteiger partial charge < -0.3 is 19.1 Å². The first kappa shape index (κ1) is 23.6. The van der Waals surface area contributed by atoms with Crippen LogP contribution in [-0.4, -0.2) is 63.7 Å². The minimum Gasteiger partial charge on any atom is -0.496 e. The van der Waals surface area contributed by atoms with Crippen molar-refractivity contribution in [1.29, 1.82) is 0 Å². The lowest BCUT2D eigenvalue weighted by atomic mass is 10.1. The van der Waals surface area contributed by atoms with Crippen molar-refractivity contribution < 1.29 is 32.2 Å². The fourth-order valence-electron chi connectivity index (χ4n) is 3.48. The van der Waals surface area contributed by atoms with E-state index in [1.54, 1.807) is 31.2 Å². The number of carbonyl (C=O) groups is 2. The van der Waals surface area contributed by atoms with Gasteiger partial charge in [0.25, 0.3) is 0 Å². The maximum absolute atomic E-state index is 12.8. The molecule has 0 spiro atoms. The Bertz CT molecular complexity index is 1100. The number of Topliss-reactive ketones (excluding diaryl/α,β-unsaturated/α-hetero) is 1. The first-order chi connectivity index (χ1) is 15.2. The number of fused-ring (bicyclic) bond motifs is 1. The van der Waals surface area contributed by atoms with Crippen molar-refractivity contribution in [2.45, 2.75) is 25.7 Å². The molecule has 2 aromatic carbocycles. The summed E-state index contributed by atoms with van der Waals surface area (Å²) in [5.41, 5.74) is 0.726. The number of ketones is 1. The normalized spacial score (nSPS) is 15.2. The number of nitrogens with zero attached hydrogens (tertiary/aromatic N) is 1. The van der Waals surface area contributed by atoms with Crippen LogP contribution in [0.25, 0.3) is 0 Å². The minimum absolute atomic E-state index is 0.184. The molecule has 1 atom stereocenters. The second-order valence-corrected chi connectivity index (χ2v) is 9.61. The zero-order chi connectivity index (χ0) is 23.3. The second-order valence-electron chi connectivity index (χ2n) is 7.55. The van der Waals surface area contributed by atoms with Crippen LogP contribution in [0.5, 0.6) is 17.2 Å². The summed E-state index contributed by atoms with van der Waals surface area (Å²) < 4.78 is 42.4. The summed E-state index contributed by atoms with van der Waals surface area (Å²) >= 11 is 0. The van der Waals surface area contributed by atoms with Crippen molar-refractivity contribution >= 4 is 21.5 Å². The largest absolute Gasteiger partial charge is 0.496 e. The Morgan fingerprint density at radius 3 is 2.53 bits per heavy atom. The number of sulfone groups is 1. The zero-order valence-electron chi connectivity index (χ0n) is 18.4. The van der Waals surface area contributed by atoms with Gasteiger partial charge in [-0.1, -0.05) is 12.1 Å². The Labute approximate surface area is 188 Å². The number of carbonyl (C=O) groups excluding carboxylic acids is 2. The van der Waals surface area contributed by atoms with Crippen LogP contribution in [0.3, 0.4) is 0 Å². The number of hydrogen-bond acceptors (Lipinski definition) is 7. The van der Waals surface area contributed by atoms with Crippen LogP contribution < -0.4 is 14.2 Å². The molecule has 0 aliphatic carbocycles. The Morgan fingerprint density at radius 2 is 1.88 bits per heavy atom. The van der Waals surface area contributed by atoms with Gasteiger partial charge in [0.05, 0.1) is 19.4 Å². The molecule has 0 aromatic heterocycles. The van der Waals surface area contributed by atoms with Crippen molar-refractivity contribution in [3.05, 3.63) is 53.6 Å². The monoisotopic (exact) mass is 461 g/mol. The van der Waals surface area contributed by atoms with Crippen molar-refractivity contribution in [3.8, 4) is 17.2 Å². The van der Waals surface area contributed by atoms with E-state index in [9.17, 15) is 18.0 Å². The molecule has 1 heterocycles. The molecule has 1 amide bonds. The van der Waals surface area contributed by atoms with E-state index in [1.807, 2.05) is 12.1 Å². The highest BCUT2D eigenvalue weighted by atomic mass is 32.2. The number of ether oxygens (including phenoxy) is 3. The van der Waals surface area contributed by atoms with Gasteiger partial charge in [-0.3, -0.25) is 9.59 Å². The van der Waals surface area contributed by atoms with Crippen LogP contribution in [0, 0.1) is 0 Å². The van der Waals surface area contributed by atoms with E-state index in [-0.39, 0.29) is 18.9 Å². The summed E-state index contributed by atoms with van der Waals surface area (Å²) in [7, 11) is -2.38. The number of methoxy groups -OCH3 is 1. The molecule has 172 valence electrons. The highest BCUT2D eigenvalue weighted by Crippen LogP contribution is 2.31. The number of hydrogen-bond donors (Lipinski definition) is 0. The summed E-state index contributed by atoms with van der Waals surface area (Å²) in [6.45, 7) is 3.99. The minimum atomic E-state index is -3.81. The first-order valence-electron chi connectivity index (χ1n) is 10.3. The third-order valence-corrected chi connectivity index (χ3v) is 6.57. The standard InChI is InChI=1S/C23H27NO7S/c1-4-24(12-19-13-30-21-7-5-6-8-22(21)31-19)23(26)15-32(27,28)14-18-11-17(16(2)25)9-10-20(18)29-3/h5-11,19H,4,12-15H2,1-3H3/t19-/m1/s1. The van der Waals surface area contributed by atoms with E-state index in [2.05, 4.69) is 0 Å². The van der Waals surface area contributed by atoms with Crippen molar-refractivity contribution in [2.75, 3.05) is 32.6 Å². The summed E-state index contributed by atoms with van der Waals surface area (Å²) in [6.07, 6.45) is -0.399. The van der Waals surface area contributed by atoms with E-state index >= 15 is 0 Å². The van der Waals surface area contributed by atoms with Crippen LogP contribution in [0.2, 0.25) is 0 Å². The Balaban J connectivity index is 1.67. The highest BCUT2D eigenvalue weighted by molar-refractivity contribution is 7.91. The molecule has 8 nitrogen and oxygen atoms in total. The Kier molecular flexibility index (Phi) is 7.40. The van der Waals surface area contributed by atoms with Crippen LogP contribution in [0.1, 0.15) is 29.8 Å². The van der Waals surface area contributed by atoms with Crippen molar-refractivity contribution in [1.82, 2.24) is 4.90 Å². The molecule has 0 saturated carbocycles. The van der Waals surface area contributed by atoms with Crippen LogP contribution in [0.15, 0.2) is 42.5 Å². The quantitative estimate of drug-likeness (QED) is 0.529. The van der Waals surface area contributed by atoms with Gasteiger partial charge in [0, 0.05) is 17.7 Å². The molecular formula is C23H27NO7S. The molecule has 0 radical (unpaired) electrons. The molecule has 1 aliphatic heterocycles. The van der Waals surface area contributed by atoms with Crippen molar-refractivity contribution in [3.63, 3.8) is 0 Å². The number of benzene rings is 2. The van der Waals surface area contributed by atoms with Crippen molar-refractivity contribution in [2.24, 2.45) is 0 Å². The highest BCUT2D eigenvalue weighted by Gasteiger charge is 2.28. The zero-order valence-corrected chi connectivity index (χ0v) is 19.2. The van der Waals surface area contributed by atoms with Gasteiger partial charge in [-0.05, 0) is 44.2 Å². The molecular weight excluding hydrogens is 434 g/mol. The topological polar surface area (TPSA) is 99.2 Å². The molecule has 9 heteroatoms. The molecule has 32 heavy (non-hydrogen) atoms. The van der Waals surface area contributed by atoms with Gasteiger partial charge in [0.2, 0.25) is 5.91 Å². The maximum Gasteiger partial charge on any atom is 0.237 e. The summed E-state index contributed by atoms with van der Waals surface area (Å²) in [6, 6.07) is 11.9. The average Bonchev–Trinajstić information content (AvgIpc) is 2.76. The Morgan fingerprint density at radius 1 is 1.16 bits per heavy atom. The van der Waals surface area contributed by atoms with Gasteiger partial charge >= 0.3 is 0 Å². The number of rotatable bonds is 9. The summed E-state index contributed by atoms with van der Waals surface area (Å²) in [5.74, 6) is -0.174. The molecule has 0 saturated heterocycles. The first-order valence-corrected chi connectivity index (χ1v) is 12.1. The van der Waals surface area contributed by atoms with E-state index < -0.39 is 33.4 Å². The molecule has 0 fully saturated rings. The Hall–Kier alpha value is -3.07. The SMILES string of the molecule is CCN(C[C@@H]1COc2ccccc2O1)C(=O)CS(=O)(=O)Cc1cc(C(C)=O)ccc1OC. The van der Waals surface area contributed by atoms with Crippen LogP contribution in [0.4, 0.5) is 0 Å². The van der Waals surface area contributed by atoms with E-state index in [1.165, 1.54) is 25.0 Å². The fraction of sp³-hybridized carbons (Fsp3) is 0.391. The number of para-hydroxylation sites is 2. The summed E-state index contributed by atoms with van der Waals surface area (Å²) in [5, 5.41) is 0. The lowest BCUT2D eigenvalue weighted by molar-refractivity contribution is -0.129. The summed E-state index contributed by atoms with van der Waals surface area (Å²) in [4.78, 5) is 25.9. The lowest BCUT2D eigenvalue weighted by Crippen LogP contribution is -2.45. The van der Waals surface area contributed by atoms with Gasteiger partial charge in [-0.25, -0.2) is 8.42 Å². The lowest BCUT2D eigenvalue weighted by Gasteiger charge is -2.30. The molecule has 0 bridgehead atoms. The van der Waals surface area contributed by atoms with Gasteiger partial charge in [0.1, 0.15) is 18.1 Å². The second kappa shape index (κ2) is 10.0. The molecule has 1 aliphatic rings. The molecule has 2 aromatic rings. The van der Waals surface area contributed by atoms with E-state index in [0.29, 0.717) is 34.9 Å². The molecule has 0 unspecified atom stereocenters. The number of amides is 1. The molecule has 0 N–H and O–H groups in total. The predicted octanol–water partition coefficient (Wildman–Crippen LogP) is 2.50. The van der Waals surface area contributed by atoms with Gasteiger partial charge in [-0.15, -0.1) is 0 Å². The predicted molar refractivity (Wildman–Crippen MR) is 119 cm³/mol. The maximum atomic E-state index is 12.8. The van der Waals surface area contributed by atoms with E-state index in [0.717, 1.165) is 0 Å². The number of likely N-dealkylation sites (N-methyl/N-ethyl adjacent to an activating group) is 1. The average molecular weight is 462 g/mol. The van der Waals surface area contributed by atoms with Crippen LogP contribution >= 0.6 is 0 Å². The third kappa shape index (κ3) is 5.79. The smallest absolute Gasteiger partial charge is 0.237 e.